The Kier molecular flexibility index (Phi) is 6.31. The number of hydrazone groups is 1. The second kappa shape index (κ2) is 8.65. The van der Waals surface area contributed by atoms with Gasteiger partial charge in [0.05, 0.1) is 10.6 Å². The average Bonchev–Trinajstić information content (AvgIpc) is 2.66. The van der Waals surface area contributed by atoms with Crippen molar-refractivity contribution >= 4 is 40.3 Å². The predicted octanol–water partition coefficient (Wildman–Crippen LogP) is 2.42. The summed E-state index contributed by atoms with van der Waals surface area (Å²) in [6.07, 6.45) is 0. The van der Waals surface area contributed by atoms with Gasteiger partial charge in [0, 0.05) is 28.9 Å². The van der Waals surface area contributed by atoms with Crippen LogP contribution in [0.5, 0.6) is 0 Å². The number of benzene rings is 2. The minimum atomic E-state index is -0.616. The number of carbonyl (C=O) groups is 1. The van der Waals surface area contributed by atoms with Crippen LogP contribution in [0.25, 0.3) is 0 Å². The number of nitro benzene ring substituents is 1. The molecule has 0 atom stereocenters. The smallest absolute Gasteiger partial charge is 0.274 e. The van der Waals surface area contributed by atoms with Crippen molar-refractivity contribution in [2.75, 3.05) is 5.32 Å². The summed E-state index contributed by atoms with van der Waals surface area (Å²) in [7, 11) is 0. The molecule has 9 nitrogen and oxygen atoms in total. The Morgan fingerprint density at radius 3 is 2.50 bits per heavy atom. The van der Waals surface area contributed by atoms with Crippen LogP contribution in [0.3, 0.4) is 0 Å². The maximum Gasteiger partial charge on any atom is 0.274 e. The highest BCUT2D eigenvalue weighted by molar-refractivity contribution is 7.80. The van der Waals surface area contributed by atoms with E-state index in [9.17, 15) is 14.9 Å². The third-order valence-electron chi connectivity index (χ3n) is 3.31. The van der Waals surface area contributed by atoms with Gasteiger partial charge in [-0.1, -0.05) is 12.1 Å². The standard InChI is InChI=1S/C16H15N5O4S/c1-10(12-3-2-4-14(9-12)21(24)25)18-19-16(26)17-13-7-5-11(6-8-13)15(22)20-23/h2-9,23H,1H3,(H,20,22)(H2,17,19,26)/b18-10+. The summed E-state index contributed by atoms with van der Waals surface area (Å²) in [5.41, 5.74) is 6.18. The molecule has 134 valence electrons. The summed E-state index contributed by atoms with van der Waals surface area (Å²) in [4.78, 5) is 21.6. The maximum atomic E-state index is 11.2. The van der Waals surface area contributed by atoms with Crippen molar-refractivity contribution < 1.29 is 14.9 Å². The van der Waals surface area contributed by atoms with Crippen LogP contribution in [0, 0.1) is 10.1 Å². The number of nitro groups is 1. The lowest BCUT2D eigenvalue weighted by Gasteiger charge is -2.08. The van der Waals surface area contributed by atoms with Crippen molar-refractivity contribution in [2.45, 2.75) is 6.92 Å². The fourth-order valence-electron chi connectivity index (χ4n) is 1.97. The van der Waals surface area contributed by atoms with Gasteiger partial charge in [-0.05, 0) is 43.4 Å². The van der Waals surface area contributed by atoms with Gasteiger partial charge in [-0.2, -0.15) is 5.10 Å². The summed E-state index contributed by atoms with van der Waals surface area (Å²) in [5, 5.41) is 26.5. The number of amides is 1. The molecule has 2 aromatic rings. The van der Waals surface area contributed by atoms with Crippen LogP contribution in [-0.4, -0.2) is 26.9 Å². The van der Waals surface area contributed by atoms with E-state index < -0.39 is 10.8 Å². The number of hydroxylamine groups is 1. The fraction of sp³-hybridized carbons (Fsp3) is 0.0625. The van der Waals surface area contributed by atoms with E-state index in [1.54, 1.807) is 36.7 Å². The molecular formula is C16H15N5O4S. The van der Waals surface area contributed by atoms with Gasteiger partial charge in [-0.3, -0.25) is 25.5 Å². The van der Waals surface area contributed by atoms with Crippen molar-refractivity contribution in [1.82, 2.24) is 10.9 Å². The van der Waals surface area contributed by atoms with E-state index in [0.717, 1.165) is 0 Å². The molecule has 0 heterocycles. The van der Waals surface area contributed by atoms with Crippen LogP contribution in [0.15, 0.2) is 53.6 Å². The van der Waals surface area contributed by atoms with E-state index in [-0.39, 0.29) is 16.4 Å². The van der Waals surface area contributed by atoms with Crippen LogP contribution in [-0.2, 0) is 0 Å². The molecule has 10 heteroatoms. The highest BCUT2D eigenvalue weighted by Gasteiger charge is 2.08. The largest absolute Gasteiger partial charge is 0.331 e. The zero-order valence-corrected chi connectivity index (χ0v) is 14.4. The molecule has 2 aromatic carbocycles. The number of hydrogen-bond acceptors (Lipinski definition) is 6. The first-order valence-electron chi connectivity index (χ1n) is 7.31. The van der Waals surface area contributed by atoms with E-state index in [2.05, 4.69) is 15.8 Å². The Balaban J connectivity index is 1.99. The Morgan fingerprint density at radius 2 is 1.88 bits per heavy atom. The minimum Gasteiger partial charge on any atom is -0.331 e. The van der Waals surface area contributed by atoms with Gasteiger partial charge in [0.15, 0.2) is 5.11 Å². The molecular weight excluding hydrogens is 358 g/mol. The van der Waals surface area contributed by atoms with Crippen LogP contribution >= 0.6 is 12.2 Å². The molecule has 1 amide bonds. The molecule has 0 spiro atoms. The van der Waals surface area contributed by atoms with Crippen LogP contribution in [0.4, 0.5) is 11.4 Å². The number of non-ortho nitro benzene ring substituents is 1. The second-order valence-corrected chi connectivity index (χ2v) is 5.50. The number of thiocarbonyl (C=S) groups is 1. The summed E-state index contributed by atoms with van der Waals surface area (Å²) in [6.45, 7) is 1.69. The first-order chi connectivity index (χ1) is 12.4. The van der Waals surface area contributed by atoms with Gasteiger partial charge in [-0.25, -0.2) is 5.48 Å². The highest BCUT2D eigenvalue weighted by atomic mass is 32.1. The summed E-state index contributed by atoms with van der Waals surface area (Å²) in [6, 6.07) is 12.3. The average molecular weight is 373 g/mol. The van der Waals surface area contributed by atoms with E-state index in [1.807, 2.05) is 0 Å². The number of hydrogen-bond donors (Lipinski definition) is 4. The van der Waals surface area contributed by atoms with Crippen LogP contribution < -0.4 is 16.2 Å². The summed E-state index contributed by atoms with van der Waals surface area (Å²) >= 11 is 5.12. The maximum absolute atomic E-state index is 11.2. The molecule has 0 unspecified atom stereocenters. The third kappa shape index (κ3) is 5.06. The van der Waals surface area contributed by atoms with Gasteiger partial charge in [0.1, 0.15) is 0 Å². The Bertz CT molecular complexity index is 867. The van der Waals surface area contributed by atoms with Gasteiger partial charge < -0.3 is 5.32 Å². The van der Waals surface area contributed by atoms with Crippen LogP contribution in [0.2, 0.25) is 0 Å². The second-order valence-electron chi connectivity index (χ2n) is 5.09. The van der Waals surface area contributed by atoms with Gasteiger partial charge in [0.25, 0.3) is 11.6 Å². The van der Waals surface area contributed by atoms with Crippen molar-refractivity contribution in [3.63, 3.8) is 0 Å². The van der Waals surface area contributed by atoms with Crippen LogP contribution in [0.1, 0.15) is 22.8 Å². The summed E-state index contributed by atoms with van der Waals surface area (Å²) in [5.74, 6) is -0.616. The van der Waals surface area contributed by atoms with E-state index in [1.165, 1.54) is 24.3 Å². The van der Waals surface area contributed by atoms with Crippen molar-refractivity contribution in [3.8, 4) is 0 Å². The molecule has 0 bridgehead atoms. The molecule has 0 aliphatic rings. The SMILES string of the molecule is C/C(=N\NC(=S)Nc1ccc(C(=O)NO)cc1)c1cccc([N+](=O)[O-])c1. The number of nitrogens with one attached hydrogen (secondary N) is 3. The number of rotatable bonds is 5. The lowest BCUT2D eigenvalue weighted by molar-refractivity contribution is -0.384. The first-order valence-corrected chi connectivity index (χ1v) is 7.72. The zero-order valence-electron chi connectivity index (χ0n) is 13.6. The number of nitrogens with zero attached hydrogens (tertiary/aromatic N) is 2. The molecule has 26 heavy (non-hydrogen) atoms. The van der Waals surface area contributed by atoms with E-state index in [4.69, 9.17) is 17.4 Å². The number of carbonyl (C=O) groups excluding carboxylic acids is 1. The monoisotopic (exact) mass is 373 g/mol. The van der Waals surface area contributed by atoms with Crippen molar-refractivity contribution in [2.24, 2.45) is 5.10 Å². The summed E-state index contributed by atoms with van der Waals surface area (Å²) < 4.78 is 0. The molecule has 0 fully saturated rings. The zero-order chi connectivity index (χ0) is 19.1. The molecule has 0 saturated heterocycles. The first kappa shape index (κ1) is 19.0. The van der Waals surface area contributed by atoms with Gasteiger partial charge in [-0.15, -0.1) is 0 Å². The normalized spacial score (nSPS) is 10.8. The minimum absolute atomic E-state index is 0.0234. The molecule has 0 aliphatic heterocycles. The van der Waals surface area contributed by atoms with Gasteiger partial charge in [0.2, 0.25) is 0 Å². The van der Waals surface area contributed by atoms with E-state index in [0.29, 0.717) is 17.0 Å². The molecule has 4 N–H and O–H groups in total. The third-order valence-corrected chi connectivity index (χ3v) is 3.50. The quantitative estimate of drug-likeness (QED) is 0.208. The molecule has 0 saturated carbocycles. The Labute approximate surface area is 153 Å². The number of anilines is 1. The Hall–Kier alpha value is -3.37. The Morgan fingerprint density at radius 1 is 1.19 bits per heavy atom. The molecule has 2 rings (SSSR count). The lowest BCUT2D eigenvalue weighted by Crippen LogP contribution is -2.25. The topological polar surface area (TPSA) is 129 Å². The molecule has 0 aliphatic carbocycles. The predicted molar refractivity (Wildman–Crippen MR) is 100 cm³/mol. The fourth-order valence-corrected chi connectivity index (χ4v) is 2.14. The molecule has 0 aromatic heterocycles. The lowest BCUT2D eigenvalue weighted by atomic mass is 10.1. The van der Waals surface area contributed by atoms with Crippen molar-refractivity contribution in [1.29, 1.82) is 0 Å². The van der Waals surface area contributed by atoms with Crippen molar-refractivity contribution in [3.05, 3.63) is 69.8 Å². The van der Waals surface area contributed by atoms with Gasteiger partial charge >= 0.3 is 0 Å². The highest BCUT2D eigenvalue weighted by Crippen LogP contribution is 2.14. The molecule has 0 radical (unpaired) electrons. The van der Waals surface area contributed by atoms with E-state index >= 15 is 0 Å².